The first-order valence-corrected chi connectivity index (χ1v) is 9.23. The lowest BCUT2D eigenvalue weighted by Crippen LogP contribution is -2.54. The van der Waals surface area contributed by atoms with Crippen LogP contribution in [-0.4, -0.2) is 36.5 Å². The first-order valence-electron chi connectivity index (χ1n) is 9.23. The van der Waals surface area contributed by atoms with Crippen LogP contribution in [0.3, 0.4) is 0 Å². The maximum Gasteiger partial charge on any atom is 0.234 e. The summed E-state index contributed by atoms with van der Waals surface area (Å²) in [5, 5.41) is 0. The number of primary amides is 1. The number of piperidine rings is 1. The van der Waals surface area contributed by atoms with Gasteiger partial charge in [-0.3, -0.25) is 14.5 Å². The van der Waals surface area contributed by atoms with Gasteiger partial charge in [0.25, 0.3) is 0 Å². The van der Waals surface area contributed by atoms with E-state index in [0.29, 0.717) is 19.7 Å². The summed E-state index contributed by atoms with van der Waals surface area (Å²) >= 11 is 0. The van der Waals surface area contributed by atoms with Gasteiger partial charge < -0.3 is 10.5 Å². The Labute approximate surface area is 160 Å². The third kappa shape index (κ3) is 5.53. The van der Waals surface area contributed by atoms with E-state index >= 15 is 0 Å². The van der Waals surface area contributed by atoms with Crippen molar-refractivity contribution in [2.45, 2.75) is 38.1 Å². The van der Waals surface area contributed by atoms with Crippen LogP contribution in [0.5, 0.6) is 5.75 Å². The summed E-state index contributed by atoms with van der Waals surface area (Å²) in [7, 11) is 1.65. The molecular formula is C21H27N3O3. The molecule has 0 aliphatic carbocycles. The normalized spacial score (nSPS) is 20.3. The zero-order valence-electron chi connectivity index (χ0n) is 15.6. The average Bonchev–Trinajstić information content (AvgIpc) is 2.69. The van der Waals surface area contributed by atoms with E-state index in [1.807, 2.05) is 54.6 Å². The highest BCUT2D eigenvalue weighted by atomic mass is 16.6. The van der Waals surface area contributed by atoms with Crippen LogP contribution in [0.25, 0.3) is 0 Å². The number of nitrogens with one attached hydrogen (secondary N) is 1. The number of ether oxygens (including phenoxy) is 1. The third-order valence-corrected chi connectivity index (χ3v) is 4.89. The summed E-state index contributed by atoms with van der Waals surface area (Å²) < 4.78 is 5.20. The Bertz CT molecular complexity index is 721. The van der Waals surface area contributed by atoms with Gasteiger partial charge >= 0.3 is 0 Å². The largest absolute Gasteiger partial charge is 0.497 e. The molecule has 2 aromatic rings. The Morgan fingerprint density at radius 2 is 1.85 bits per heavy atom. The number of methoxy groups -OCH3 is 1. The van der Waals surface area contributed by atoms with Crippen molar-refractivity contribution < 1.29 is 14.4 Å². The van der Waals surface area contributed by atoms with Gasteiger partial charge in [0.05, 0.1) is 19.8 Å². The van der Waals surface area contributed by atoms with E-state index in [1.165, 1.54) is 0 Å². The number of carbonyl (C=O) groups excluding carboxylic acids is 1. The lowest BCUT2D eigenvalue weighted by molar-refractivity contribution is -0.126. The van der Waals surface area contributed by atoms with E-state index in [0.717, 1.165) is 29.7 Å². The van der Waals surface area contributed by atoms with Crippen LogP contribution < -0.4 is 16.0 Å². The van der Waals surface area contributed by atoms with Gasteiger partial charge in [-0.2, -0.15) is 5.48 Å². The molecule has 0 aromatic heterocycles. The highest BCUT2D eigenvalue weighted by Crippen LogP contribution is 2.21. The predicted octanol–water partition coefficient (Wildman–Crippen LogP) is 2.23. The van der Waals surface area contributed by atoms with E-state index in [-0.39, 0.29) is 18.0 Å². The molecule has 2 atom stereocenters. The van der Waals surface area contributed by atoms with Crippen molar-refractivity contribution in [1.82, 2.24) is 10.4 Å². The van der Waals surface area contributed by atoms with Gasteiger partial charge in [-0.25, -0.2) is 0 Å². The molecular weight excluding hydrogens is 342 g/mol. The minimum Gasteiger partial charge on any atom is -0.497 e. The predicted molar refractivity (Wildman–Crippen MR) is 104 cm³/mol. The summed E-state index contributed by atoms with van der Waals surface area (Å²) in [6, 6.07) is 17.8. The van der Waals surface area contributed by atoms with Crippen LogP contribution in [0, 0.1) is 0 Å². The second-order valence-corrected chi connectivity index (χ2v) is 6.86. The van der Waals surface area contributed by atoms with Crippen LogP contribution >= 0.6 is 0 Å². The molecule has 6 nitrogen and oxygen atoms in total. The van der Waals surface area contributed by atoms with Crippen LogP contribution in [-0.2, 0) is 22.8 Å². The molecule has 0 saturated carbocycles. The Morgan fingerprint density at radius 3 is 2.52 bits per heavy atom. The number of rotatable bonds is 8. The smallest absolute Gasteiger partial charge is 0.234 e. The van der Waals surface area contributed by atoms with Crippen molar-refractivity contribution >= 4 is 5.91 Å². The molecule has 3 rings (SSSR count). The zero-order valence-corrected chi connectivity index (χ0v) is 15.6. The molecule has 0 unspecified atom stereocenters. The van der Waals surface area contributed by atoms with Crippen molar-refractivity contribution in [1.29, 1.82) is 0 Å². The lowest BCUT2D eigenvalue weighted by atomic mass is 9.97. The molecule has 1 saturated heterocycles. The minimum absolute atomic E-state index is 0.155. The van der Waals surface area contributed by atoms with Crippen LogP contribution in [0.1, 0.15) is 24.0 Å². The van der Waals surface area contributed by atoms with Crippen LogP contribution in [0.4, 0.5) is 0 Å². The highest BCUT2D eigenvalue weighted by Gasteiger charge is 2.31. The van der Waals surface area contributed by atoms with Gasteiger partial charge in [0, 0.05) is 19.1 Å². The fourth-order valence-corrected chi connectivity index (χ4v) is 3.42. The minimum atomic E-state index is -0.271. The number of amides is 1. The third-order valence-electron chi connectivity index (χ3n) is 4.89. The molecule has 144 valence electrons. The number of nitrogens with two attached hydrogens (primary N) is 1. The molecule has 1 fully saturated rings. The van der Waals surface area contributed by atoms with Crippen LogP contribution in [0.15, 0.2) is 54.6 Å². The van der Waals surface area contributed by atoms with Crippen molar-refractivity contribution in [3.8, 4) is 5.75 Å². The fourth-order valence-electron chi connectivity index (χ4n) is 3.42. The molecule has 27 heavy (non-hydrogen) atoms. The van der Waals surface area contributed by atoms with Crippen molar-refractivity contribution in [3.63, 3.8) is 0 Å². The summed E-state index contributed by atoms with van der Waals surface area (Å²) in [5.41, 5.74) is 11.0. The molecule has 1 aliphatic heterocycles. The van der Waals surface area contributed by atoms with Gasteiger partial charge in [0.1, 0.15) is 5.75 Å². The van der Waals surface area contributed by atoms with Crippen molar-refractivity contribution in [2.24, 2.45) is 5.73 Å². The number of nitrogens with zero attached hydrogens (tertiary/aromatic N) is 1. The standard InChI is InChI=1S/C21H27N3O3/c1-26-19-10-7-16(8-11-19)13-24-14-18(9-12-20(24)21(22)25)23-27-15-17-5-3-2-4-6-17/h2-8,10-11,18,20,23H,9,12-15H2,1H3,(H2,22,25)/t18-,20+/m1/s1. The topological polar surface area (TPSA) is 76.8 Å². The van der Waals surface area contributed by atoms with Gasteiger partial charge in [0.15, 0.2) is 0 Å². The van der Waals surface area contributed by atoms with E-state index < -0.39 is 0 Å². The molecule has 1 heterocycles. The van der Waals surface area contributed by atoms with Gasteiger partial charge in [-0.15, -0.1) is 0 Å². The summed E-state index contributed by atoms with van der Waals surface area (Å²) in [5.74, 6) is 0.546. The molecule has 0 spiro atoms. The van der Waals surface area contributed by atoms with Gasteiger partial charge in [-0.1, -0.05) is 42.5 Å². The second kappa shape index (κ2) is 9.50. The molecule has 2 aromatic carbocycles. The van der Waals surface area contributed by atoms with Gasteiger partial charge in [0.2, 0.25) is 5.91 Å². The Balaban J connectivity index is 1.56. The van der Waals surface area contributed by atoms with Crippen molar-refractivity contribution in [2.75, 3.05) is 13.7 Å². The summed E-state index contributed by atoms with van der Waals surface area (Å²) in [4.78, 5) is 19.7. The van der Waals surface area contributed by atoms with E-state index in [1.54, 1.807) is 7.11 Å². The number of likely N-dealkylation sites (tertiary alicyclic amines) is 1. The molecule has 0 radical (unpaired) electrons. The highest BCUT2D eigenvalue weighted by molar-refractivity contribution is 5.80. The van der Waals surface area contributed by atoms with Gasteiger partial charge in [-0.05, 0) is 36.1 Å². The number of benzene rings is 2. The first-order chi connectivity index (χ1) is 13.2. The summed E-state index contributed by atoms with van der Waals surface area (Å²) in [6.07, 6.45) is 1.57. The summed E-state index contributed by atoms with van der Waals surface area (Å²) in [6.45, 7) is 1.87. The van der Waals surface area contributed by atoms with E-state index in [2.05, 4.69) is 10.4 Å². The van der Waals surface area contributed by atoms with E-state index in [4.69, 9.17) is 15.3 Å². The number of hydroxylamine groups is 1. The van der Waals surface area contributed by atoms with Crippen LogP contribution in [0.2, 0.25) is 0 Å². The SMILES string of the molecule is COc1ccc(CN2C[C@H](NOCc3ccccc3)CC[C@H]2C(N)=O)cc1. The van der Waals surface area contributed by atoms with Crippen molar-refractivity contribution in [3.05, 3.63) is 65.7 Å². The number of hydrogen-bond donors (Lipinski definition) is 2. The molecule has 0 bridgehead atoms. The molecule has 3 N–H and O–H groups in total. The zero-order chi connectivity index (χ0) is 19.1. The second-order valence-electron chi connectivity index (χ2n) is 6.86. The first kappa shape index (κ1) is 19.4. The fraction of sp³-hybridized carbons (Fsp3) is 0.381. The molecule has 1 aliphatic rings. The Hall–Kier alpha value is -2.41. The lowest BCUT2D eigenvalue weighted by Gasteiger charge is -2.38. The average molecular weight is 369 g/mol. The number of hydrogen-bond acceptors (Lipinski definition) is 5. The maximum atomic E-state index is 11.9. The molecule has 1 amide bonds. The van der Waals surface area contributed by atoms with E-state index in [9.17, 15) is 4.79 Å². The molecule has 6 heteroatoms. The monoisotopic (exact) mass is 369 g/mol. The number of carbonyl (C=O) groups is 1. The Morgan fingerprint density at radius 1 is 1.11 bits per heavy atom. The Kier molecular flexibility index (Phi) is 6.81. The maximum absolute atomic E-state index is 11.9. The quantitative estimate of drug-likeness (QED) is 0.698.